The van der Waals surface area contributed by atoms with Crippen molar-refractivity contribution in [1.82, 2.24) is 30.9 Å². The number of aryl methyl sites for hydroxylation is 1. The topological polar surface area (TPSA) is 99.4 Å². The van der Waals surface area contributed by atoms with E-state index >= 15 is 0 Å². The highest BCUT2D eigenvalue weighted by Crippen LogP contribution is 2.30. The van der Waals surface area contributed by atoms with E-state index in [0.717, 1.165) is 48.8 Å². The van der Waals surface area contributed by atoms with Crippen molar-refractivity contribution in [2.45, 2.75) is 51.0 Å². The smallest absolute Gasteiger partial charge is 0.267 e. The summed E-state index contributed by atoms with van der Waals surface area (Å²) in [6.45, 7) is 2.13. The third-order valence-corrected chi connectivity index (χ3v) is 5.17. The van der Waals surface area contributed by atoms with E-state index < -0.39 is 0 Å². The number of tetrazole rings is 1. The van der Waals surface area contributed by atoms with Crippen molar-refractivity contribution in [3.63, 3.8) is 0 Å². The van der Waals surface area contributed by atoms with Gasteiger partial charge < -0.3 is 10.3 Å². The van der Waals surface area contributed by atoms with Crippen LogP contribution in [-0.4, -0.2) is 37.6 Å². The van der Waals surface area contributed by atoms with E-state index in [1.165, 1.54) is 5.56 Å². The zero-order valence-electron chi connectivity index (χ0n) is 14.2. The Balaban J connectivity index is 1.41. The van der Waals surface area contributed by atoms with E-state index in [1.807, 2.05) is 18.2 Å². The van der Waals surface area contributed by atoms with Crippen LogP contribution in [0.4, 0.5) is 0 Å². The molecule has 2 aromatic heterocycles. The second-order valence-electron chi connectivity index (χ2n) is 6.71. The minimum Gasteiger partial charge on any atom is -0.351 e. The van der Waals surface area contributed by atoms with Crippen LogP contribution in [0.5, 0.6) is 0 Å². The molecule has 7 nitrogen and oxygen atoms in total. The second-order valence-corrected chi connectivity index (χ2v) is 6.71. The van der Waals surface area contributed by atoms with Crippen molar-refractivity contribution in [2.75, 3.05) is 0 Å². The van der Waals surface area contributed by atoms with Crippen molar-refractivity contribution >= 4 is 16.8 Å². The maximum Gasteiger partial charge on any atom is 0.267 e. The molecular formula is C18H22N6O. The van der Waals surface area contributed by atoms with Gasteiger partial charge in [0.05, 0.1) is 0 Å². The first-order chi connectivity index (χ1) is 12.2. The van der Waals surface area contributed by atoms with Crippen LogP contribution in [0.15, 0.2) is 24.3 Å². The van der Waals surface area contributed by atoms with Crippen molar-refractivity contribution in [2.24, 2.45) is 0 Å². The Kier molecular flexibility index (Phi) is 4.21. The zero-order chi connectivity index (χ0) is 17.2. The number of rotatable bonds is 4. The van der Waals surface area contributed by atoms with E-state index in [9.17, 15) is 4.79 Å². The minimum absolute atomic E-state index is 0.0266. The zero-order valence-corrected chi connectivity index (χ0v) is 14.2. The molecule has 0 unspecified atom stereocenters. The molecule has 0 spiro atoms. The van der Waals surface area contributed by atoms with Gasteiger partial charge in [0.15, 0.2) is 5.82 Å². The molecular weight excluding hydrogens is 316 g/mol. The average Bonchev–Trinajstić information content (AvgIpc) is 3.31. The molecule has 3 N–H and O–H groups in total. The van der Waals surface area contributed by atoms with Crippen LogP contribution in [0.25, 0.3) is 10.9 Å². The second kappa shape index (κ2) is 6.66. The molecule has 1 aliphatic carbocycles. The summed E-state index contributed by atoms with van der Waals surface area (Å²) >= 11 is 0. The van der Waals surface area contributed by atoms with Gasteiger partial charge in [-0.2, -0.15) is 5.21 Å². The predicted octanol–water partition coefficient (Wildman–Crippen LogP) is 2.70. The van der Waals surface area contributed by atoms with Gasteiger partial charge in [-0.1, -0.05) is 24.3 Å². The maximum atomic E-state index is 12.6. The molecule has 0 radical (unpaired) electrons. The van der Waals surface area contributed by atoms with E-state index in [2.05, 4.69) is 43.9 Å². The van der Waals surface area contributed by atoms with Gasteiger partial charge in [-0.15, -0.1) is 10.2 Å². The summed E-state index contributed by atoms with van der Waals surface area (Å²) in [4.78, 5) is 15.9. The van der Waals surface area contributed by atoms with Crippen LogP contribution < -0.4 is 5.32 Å². The molecule has 7 heteroatoms. The molecule has 2 heterocycles. The average molecular weight is 338 g/mol. The number of carbonyl (C=O) groups excluding carboxylic acids is 1. The summed E-state index contributed by atoms with van der Waals surface area (Å²) in [5, 5.41) is 18.6. The lowest BCUT2D eigenvalue weighted by Crippen LogP contribution is -2.37. The van der Waals surface area contributed by atoms with Crippen molar-refractivity contribution in [3.05, 3.63) is 41.3 Å². The van der Waals surface area contributed by atoms with Crippen LogP contribution >= 0.6 is 0 Å². The van der Waals surface area contributed by atoms with Gasteiger partial charge in [-0.05, 0) is 49.8 Å². The number of nitrogens with zero attached hydrogens (tertiary/aromatic N) is 3. The number of hydrogen-bond acceptors (Lipinski definition) is 4. The molecule has 130 valence electrons. The van der Waals surface area contributed by atoms with Crippen LogP contribution in [-0.2, 0) is 6.42 Å². The number of H-pyrrole nitrogens is 2. The first-order valence-electron chi connectivity index (χ1n) is 8.89. The van der Waals surface area contributed by atoms with Crippen LogP contribution in [0.3, 0.4) is 0 Å². The number of carbonyl (C=O) groups is 1. The molecule has 1 saturated carbocycles. The highest BCUT2D eigenvalue weighted by Gasteiger charge is 2.26. The molecule has 0 saturated heterocycles. The number of fused-ring (bicyclic) bond motifs is 1. The lowest BCUT2D eigenvalue weighted by Gasteiger charge is -2.27. The Hall–Kier alpha value is -2.70. The SMILES string of the molecule is CCc1cccc2[nH]c(C(=O)NC3CCC(c4nn[nH]n4)CC3)cc12. The Morgan fingerprint density at radius 3 is 2.84 bits per heavy atom. The molecule has 4 rings (SSSR count). The monoisotopic (exact) mass is 338 g/mol. The summed E-state index contributed by atoms with van der Waals surface area (Å²) in [5.74, 6) is 1.10. The predicted molar refractivity (Wildman–Crippen MR) is 94.3 cm³/mol. The standard InChI is InChI=1S/C18H22N6O/c1-2-11-4-3-5-15-14(11)10-16(20-15)18(25)19-13-8-6-12(7-9-13)17-21-23-24-22-17/h3-5,10,12-13,20H,2,6-9H2,1H3,(H,19,25)(H,21,22,23,24). The lowest BCUT2D eigenvalue weighted by atomic mass is 9.85. The van der Waals surface area contributed by atoms with Gasteiger partial charge >= 0.3 is 0 Å². The molecule has 25 heavy (non-hydrogen) atoms. The molecule has 0 bridgehead atoms. The van der Waals surface area contributed by atoms with E-state index in [0.29, 0.717) is 11.6 Å². The summed E-state index contributed by atoms with van der Waals surface area (Å²) in [6, 6.07) is 8.32. The van der Waals surface area contributed by atoms with Gasteiger partial charge in [-0.25, -0.2) is 0 Å². The highest BCUT2D eigenvalue weighted by atomic mass is 16.1. The number of nitrogens with one attached hydrogen (secondary N) is 3. The van der Waals surface area contributed by atoms with Gasteiger partial charge in [0.2, 0.25) is 0 Å². The van der Waals surface area contributed by atoms with E-state index in [4.69, 9.17) is 0 Å². The Bertz CT molecular complexity index is 861. The Labute approximate surface area is 145 Å². The number of aromatic nitrogens is 5. The third kappa shape index (κ3) is 3.14. The van der Waals surface area contributed by atoms with E-state index in [-0.39, 0.29) is 11.9 Å². The highest BCUT2D eigenvalue weighted by molar-refractivity contribution is 5.99. The number of hydrogen-bond donors (Lipinski definition) is 3. The maximum absolute atomic E-state index is 12.6. The van der Waals surface area contributed by atoms with Gasteiger partial charge in [0.1, 0.15) is 5.69 Å². The summed E-state index contributed by atoms with van der Waals surface area (Å²) in [6.07, 6.45) is 4.77. The summed E-state index contributed by atoms with van der Waals surface area (Å²) < 4.78 is 0. The van der Waals surface area contributed by atoms with Crippen LogP contribution in [0, 0.1) is 0 Å². The fourth-order valence-electron chi connectivity index (χ4n) is 3.75. The number of benzene rings is 1. The summed E-state index contributed by atoms with van der Waals surface area (Å²) in [7, 11) is 0. The lowest BCUT2D eigenvalue weighted by molar-refractivity contribution is 0.0921. The number of amides is 1. The van der Waals surface area contributed by atoms with Crippen LogP contribution in [0.2, 0.25) is 0 Å². The van der Waals surface area contributed by atoms with Gasteiger partial charge in [-0.3, -0.25) is 4.79 Å². The Morgan fingerprint density at radius 2 is 2.12 bits per heavy atom. The van der Waals surface area contributed by atoms with Crippen molar-refractivity contribution < 1.29 is 4.79 Å². The van der Waals surface area contributed by atoms with Crippen molar-refractivity contribution in [1.29, 1.82) is 0 Å². The largest absolute Gasteiger partial charge is 0.351 e. The summed E-state index contributed by atoms with van der Waals surface area (Å²) in [5.41, 5.74) is 2.91. The molecule has 1 aliphatic rings. The molecule has 0 atom stereocenters. The third-order valence-electron chi connectivity index (χ3n) is 5.17. The normalized spacial score (nSPS) is 20.7. The molecule has 1 aromatic carbocycles. The van der Waals surface area contributed by atoms with Crippen molar-refractivity contribution in [3.8, 4) is 0 Å². The minimum atomic E-state index is -0.0266. The fourth-order valence-corrected chi connectivity index (χ4v) is 3.75. The first-order valence-corrected chi connectivity index (χ1v) is 8.89. The molecule has 3 aromatic rings. The fraction of sp³-hybridized carbons (Fsp3) is 0.444. The quantitative estimate of drug-likeness (QED) is 0.681. The molecule has 1 amide bonds. The van der Waals surface area contributed by atoms with E-state index in [1.54, 1.807) is 0 Å². The number of aromatic amines is 2. The van der Waals surface area contributed by atoms with Gasteiger partial charge in [0.25, 0.3) is 5.91 Å². The van der Waals surface area contributed by atoms with Gasteiger partial charge in [0, 0.05) is 22.9 Å². The Morgan fingerprint density at radius 1 is 1.28 bits per heavy atom. The van der Waals surface area contributed by atoms with Crippen LogP contribution in [0.1, 0.15) is 60.4 Å². The first kappa shape index (κ1) is 15.8. The molecule has 0 aliphatic heterocycles. The molecule has 1 fully saturated rings.